The van der Waals surface area contributed by atoms with Crippen LogP contribution in [0.25, 0.3) is 0 Å². The highest BCUT2D eigenvalue weighted by Crippen LogP contribution is 2.36. The van der Waals surface area contributed by atoms with Gasteiger partial charge in [-0.2, -0.15) is 5.26 Å². The average molecular weight is 274 g/mol. The maximum absolute atomic E-state index is 9.04. The second-order valence-corrected chi connectivity index (χ2v) is 5.91. The van der Waals surface area contributed by atoms with Crippen LogP contribution in [0.3, 0.4) is 0 Å². The highest BCUT2D eigenvalue weighted by molar-refractivity contribution is 6.62. The second-order valence-electron chi connectivity index (χ2n) is 5.91. The minimum absolute atomic E-state index is 0.337. The van der Waals surface area contributed by atoms with Crippen molar-refractivity contribution in [1.29, 1.82) is 5.26 Å². The summed E-state index contributed by atoms with van der Waals surface area (Å²) >= 11 is 0. The minimum Gasteiger partial charge on any atom is -0.399 e. The zero-order valence-corrected chi connectivity index (χ0v) is 12.6. The molecule has 0 N–H and O–H groups in total. The number of nitrogens with zero attached hydrogens (tertiary/aromatic N) is 2. The number of hydrogen-bond donors (Lipinski definition) is 0. The van der Waals surface area contributed by atoms with Crippen molar-refractivity contribution in [2.75, 3.05) is 7.11 Å². The highest BCUT2D eigenvalue weighted by Gasteiger charge is 2.51. The summed E-state index contributed by atoms with van der Waals surface area (Å²) in [6, 6.07) is 3.92. The number of pyridine rings is 1. The standard InChI is InChI=1S/C14H19BN2O3/c1-13(2)14(3,4)20-15(19-13)11-6-10(9-18-5)12(7-16)17-8-11/h6,8H,9H2,1-5H3. The van der Waals surface area contributed by atoms with Crippen LogP contribution in [-0.4, -0.2) is 30.4 Å². The first-order valence-electron chi connectivity index (χ1n) is 6.54. The van der Waals surface area contributed by atoms with Crippen molar-refractivity contribution in [1.82, 2.24) is 4.98 Å². The van der Waals surface area contributed by atoms with Crippen molar-refractivity contribution >= 4 is 12.6 Å². The lowest BCUT2D eigenvalue weighted by Gasteiger charge is -2.32. The molecule has 0 amide bonds. The fourth-order valence-electron chi connectivity index (χ4n) is 2.00. The molecule has 0 bridgehead atoms. The molecule has 1 fully saturated rings. The van der Waals surface area contributed by atoms with Crippen molar-refractivity contribution < 1.29 is 14.0 Å². The van der Waals surface area contributed by atoms with E-state index < -0.39 is 18.3 Å². The van der Waals surface area contributed by atoms with E-state index in [1.54, 1.807) is 13.3 Å². The van der Waals surface area contributed by atoms with Gasteiger partial charge in [-0.1, -0.05) is 6.07 Å². The number of ether oxygens (including phenoxy) is 1. The fraction of sp³-hybridized carbons (Fsp3) is 0.571. The van der Waals surface area contributed by atoms with Gasteiger partial charge in [0.25, 0.3) is 0 Å². The van der Waals surface area contributed by atoms with Gasteiger partial charge in [-0.3, -0.25) is 0 Å². The Bertz CT molecular complexity index is 536. The van der Waals surface area contributed by atoms with Gasteiger partial charge in [-0.05, 0) is 27.7 Å². The fourth-order valence-corrected chi connectivity index (χ4v) is 2.00. The summed E-state index contributed by atoms with van der Waals surface area (Å²) in [5, 5.41) is 9.04. The Morgan fingerprint density at radius 3 is 2.40 bits per heavy atom. The minimum atomic E-state index is -0.476. The molecule has 5 nitrogen and oxygen atoms in total. The van der Waals surface area contributed by atoms with Gasteiger partial charge in [0.2, 0.25) is 0 Å². The Morgan fingerprint density at radius 1 is 1.30 bits per heavy atom. The third kappa shape index (κ3) is 2.57. The van der Waals surface area contributed by atoms with Crippen molar-refractivity contribution in [2.45, 2.75) is 45.5 Å². The van der Waals surface area contributed by atoms with Gasteiger partial charge >= 0.3 is 7.12 Å². The van der Waals surface area contributed by atoms with E-state index in [0.717, 1.165) is 11.0 Å². The molecule has 1 aromatic heterocycles. The summed E-state index contributed by atoms with van der Waals surface area (Å²) in [5.74, 6) is 0. The second kappa shape index (κ2) is 5.17. The molecule has 1 aliphatic heterocycles. The lowest BCUT2D eigenvalue weighted by Crippen LogP contribution is -2.41. The molecule has 0 atom stereocenters. The van der Waals surface area contributed by atoms with Gasteiger partial charge in [0.1, 0.15) is 11.8 Å². The molecular formula is C14H19BN2O3. The number of methoxy groups -OCH3 is 1. The van der Waals surface area contributed by atoms with E-state index in [4.69, 9.17) is 19.3 Å². The summed E-state index contributed by atoms with van der Waals surface area (Å²) in [6.07, 6.45) is 1.62. The van der Waals surface area contributed by atoms with Crippen LogP contribution in [0.1, 0.15) is 39.0 Å². The van der Waals surface area contributed by atoms with Crippen LogP contribution in [0.4, 0.5) is 0 Å². The Morgan fingerprint density at radius 2 is 1.90 bits per heavy atom. The van der Waals surface area contributed by atoms with Gasteiger partial charge in [0.05, 0.1) is 17.8 Å². The zero-order valence-electron chi connectivity index (χ0n) is 12.6. The van der Waals surface area contributed by atoms with E-state index in [1.807, 2.05) is 33.8 Å². The van der Waals surface area contributed by atoms with E-state index in [0.29, 0.717) is 12.3 Å². The van der Waals surface area contributed by atoms with E-state index in [1.165, 1.54) is 0 Å². The Balaban J connectivity index is 2.32. The SMILES string of the molecule is COCc1cc(B2OC(C)(C)C(C)(C)O2)cnc1C#N. The molecule has 0 saturated carbocycles. The summed E-state index contributed by atoms with van der Waals surface area (Å²) in [5.41, 5.74) is 1.11. The molecule has 20 heavy (non-hydrogen) atoms. The largest absolute Gasteiger partial charge is 0.496 e. The molecule has 6 heteroatoms. The van der Waals surface area contributed by atoms with Gasteiger partial charge in [-0.15, -0.1) is 0 Å². The number of rotatable bonds is 3. The third-order valence-electron chi connectivity index (χ3n) is 3.92. The number of hydrogen-bond acceptors (Lipinski definition) is 5. The lowest BCUT2D eigenvalue weighted by molar-refractivity contribution is 0.00578. The quantitative estimate of drug-likeness (QED) is 0.779. The molecule has 0 aromatic carbocycles. The van der Waals surface area contributed by atoms with Crippen molar-refractivity contribution in [3.8, 4) is 6.07 Å². The smallest absolute Gasteiger partial charge is 0.399 e. The van der Waals surface area contributed by atoms with E-state index in [9.17, 15) is 0 Å². The van der Waals surface area contributed by atoms with Crippen molar-refractivity contribution in [2.24, 2.45) is 0 Å². The Hall–Kier alpha value is -1.42. The van der Waals surface area contributed by atoms with E-state index >= 15 is 0 Å². The normalized spacial score (nSPS) is 19.9. The Labute approximate surface area is 120 Å². The first-order chi connectivity index (χ1) is 9.30. The summed E-state index contributed by atoms with van der Waals surface area (Å²) in [6.45, 7) is 8.34. The van der Waals surface area contributed by atoms with E-state index in [-0.39, 0.29) is 0 Å². The van der Waals surface area contributed by atoms with E-state index in [2.05, 4.69) is 11.1 Å². The maximum atomic E-state index is 9.04. The van der Waals surface area contributed by atoms with Crippen molar-refractivity contribution in [3.05, 3.63) is 23.5 Å². The van der Waals surface area contributed by atoms with Crippen LogP contribution in [0.5, 0.6) is 0 Å². The lowest BCUT2D eigenvalue weighted by atomic mass is 9.79. The Kier molecular flexibility index (Phi) is 3.87. The monoisotopic (exact) mass is 274 g/mol. The first-order valence-corrected chi connectivity index (χ1v) is 6.54. The molecule has 1 aliphatic rings. The zero-order chi connectivity index (χ0) is 15.0. The van der Waals surface area contributed by atoms with Crippen LogP contribution in [-0.2, 0) is 20.7 Å². The van der Waals surface area contributed by atoms with Crippen LogP contribution in [0, 0.1) is 11.3 Å². The number of aromatic nitrogens is 1. The summed E-state index contributed by atoms with van der Waals surface area (Å²) < 4.78 is 17.0. The van der Waals surface area contributed by atoms with Gasteiger partial charge in [0.15, 0.2) is 0 Å². The molecule has 0 radical (unpaired) electrons. The van der Waals surface area contributed by atoms with Crippen LogP contribution >= 0.6 is 0 Å². The molecule has 0 unspecified atom stereocenters. The van der Waals surface area contributed by atoms with Crippen LogP contribution < -0.4 is 5.46 Å². The highest BCUT2D eigenvalue weighted by atomic mass is 16.7. The molecule has 2 rings (SSSR count). The molecule has 106 valence electrons. The molecule has 0 spiro atoms. The molecule has 1 aromatic rings. The van der Waals surface area contributed by atoms with Crippen LogP contribution in [0.15, 0.2) is 12.3 Å². The predicted molar refractivity (Wildman–Crippen MR) is 75.4 cm³/mol. The van der Waals surface area contributed by atoms with Crippen molar-refractivity contribution in [3.63, 3.8) is 0 Å². The molecule has 2 heterocycles. The van der Waals surface area contributed by atoms with Gasteiger partial charge < -0.3 is 14.0 Å². The topological polar surface area (TPSA) is 64.4 Å². The number of nitriles is 1. The van der Waals surface area contributed by atoms with Gasteiger partial charge in [0, 0.05) is 24.3 Å². The maximum Gasteiger partial charge on any atom is 0.496 e. The predicted octanol–water partition coefficient (Wildman–Crippen LogP) is 1.40. The summed E-state index contributed by atoms with van der Waals surface area (Å²) in [4.78, 5) is 4.15. The summed E-state index contributed by atoms with van der Waals surface area (Å²) in [7, 11) is 1.11. The molecule has 1 saturated heterocycles. The molecule has 0 aliphatic carbocycles. The van der Waals surface area contributed by atoms with Crippen LogP contribution in [0.2, 0.25) is 0 Å². The first kappa shape index (κ1) is 15.0. The van der Waals surface area contributed by atoms with Gasteiger partial charge in [-0.25, -0.2) is 4.98 Å². The third-order valence-corrected chi connectivity index (χ3v) is 3.92. The average Bonchev–Trinajstić information content (AvgIpc) is 2.59. The molecular weight excluding hydrogens is 255 g/mol.